The van der Waals surface area contributed by atoms with E-state index in [0.717, 1.165) is 5.69 Å². The van der Waals surface area contributed by atoms with Gasteiger partial charge in [0.05, 0.1) is 11.8 Å². The minimum absolute atomic E-state index is 0.200. The van der Waals surface area contributed by atoms with Gasteiger partial charge in [-0.3, -0.25) is 9.78 Å². The fraction of sp³-hybridized carbons (Fsp3) is 0.105. The van der Waals surface area contributed by atoms with Crippen molar-refractivity contribution >= 4 is 11.7 Å². The Bertz CT molecular complexity index is 976. The van der Waals surface area contributed by atoms with Crippen molar-refractivity contribution in [2.75, 3.05) is 5.32 Å². The van der Waals surface area contributed by atoms with Crippen LogP contribution in [0.5, 0.6) is 11.5 Å². The fourth-order valence-corrected chi connectivity index (χ4v) is 2.18. The molecule has 7 heteroatoms. The van der Waals surface area contributed by atoms with Crippen molar-refractivity contribution in [3.05, 3.63) is 71.4 Å². The summed E-state index contributed by atoms with van der Waals surface area (Å²) >= 11 is 0. The van der Waals surface area contributed by atoms with Crippen molar-refractivity contribution in [3.8, 4) is 17.6 Å². The highest BCUT2D eigenvalue weighted by molar-refractivity contribution is 6.02. The maximum Gasteiger partial charge on any atom is 0.275 e. The highest BCUT2D eigenvalue weighted by atomic mass is 16.5. The van der Waals surface area contributed by atoms with Gasteiger partial charge in [0.2, 0.25) is 0 Å². The molecule has 0 aliphatic carbocycles. The number of aryl methyl sites for hydroxylation is 2. The van der Waals surface area contributed by atoms with Crippen LogP contribution in [-0.4, -0.2) is 20.9 Å². The SMILES string of the molecule is Cc1ccc(Oc2cc(C)nc(C(=O)Nc3ccc(C#N)cn3)c2)cn1. The Hall–Kier alpha value is -3.79. The smallest absolute Gasteiger partial charge is 0.275 e. The topological polar surface area (TPSA) is 101 Å². The molecule has 0 fully saturated rings. The summed E-state index contributed by atoms with van der Waals surface area (Å²) in [5.74, 6) is 0.975. The molecule has 26 heavy (non-hydrogen) atoms. The average Bonchev–Trinajstić information content (AvgIpc) is 2.64. The van der Waals surface area contributed by atoms with Gasteiger partial charge in [-0.25, -0.2) is 9.97 Å². The Labute approximate surface area is 150 Å². The second-order valence-electron chi connectivity index (χ2n) is 5.56. The van der Waals surface area contributed by atoms with E-state index >= 15 is 0 Å². The lowest BCUT2D eigenvalue weighted by molar-refractivity contribution is 0.102. The predicted octanol–water partition coefficient (Wildman–Crippen LogP) is 3.40. The van der Waals surface area contributed by atoms with Crippen molar-refractivity contribution < 1.29 is 9.53 Å². The van der Waals surface area contributed by atoms with Crippen molar-refractivity contribution in [2.45, 2.75) is 13.8 Å². The van der Waals surface area contributed by atoms with Crippen molar-refractivity contribution in [2.24, 2.45) is 0 Å². The van der Waals surface area contributed by atoms with Gasteiger partial charge in [0.25, 0.3) is 5.91 Å². The normalized spacial score (nSPS) is 10.0. The number of pyridine rings is 3. The van der Waals surface area contributed by atoms with E-state index < -0.39 is 5.91 Å². The zero-order valence-corrected chi connectivity index (χ0v) is 14.2. The lowest BCUT2D eigenvalue weighted by Crippen LogP contribution is -2.15. The van der Waals surface area contributed by atoms with E-state index in [-0.39, 0.29) is 5.69 Å². The third-order valence-corrected chi connectivity index (χ3v) is 3.41. The quantitative estimate of drug-likeness (QED) is 0.777. The van der Waals surface area contributed by atoms with Crippen LogP contribution in [0, 0.1) is 25.2 Å². The largest absolute Gasteiger partial charge is 0.456 e. The van der Waals surface area contributed by atoms with Gasteiger partial charge in [-0.05, 0) is 38.1 Å². The van der Waals surface area contributed by atoms with Gasteiger partial charge in [0, 0.05) is 29.7 Å². The molecule has 3 heterocycles. The number of hydrogen-bond acceptors (Lipinski definition) is 6. The summed E-state index contributed by atoms with van der Waals surface area (Å²) in [6.45, 7) is 3.66. The number of carbonyl (C=O) groups excluding carboxylic acids is 1. The lowest BCUT2D eigenvalue weighted by Gasteiger charge is -2.09. The first-order valence-electron chi connectivity index (χ1n) is 7.80. The van der Waals surface area contributed by atoms with Crippen LogP contribution in [0.15, 0.2) is 48.8 Å². The van der Waals surface area contributed by atoms with Gasteiger partial charge in [0.15, 0.2) is 0 Å². The lowest BCUT2D eigenvalue weighted by atomic mass is 10.2. The number of nitrogens with zero attached hydrogens (tertiary/aromatic N) is 4. The molecule has 0 spiro atoms. The molecular weight excluding hydrogens is 330 g/mol. The van der Waals surface area contributed by atoms with E-state index in [0.29, 0.717) is 28.6 Å². The van der Waals surface area contributed by atoms with Crippen LogP contribution in [0.3, 0.4) is 0 Å². The van der Waals surface area contributed by atoms with Gasteiger partial charge in [0.1, 0.15) is 29.1 Å². The molecule has 3 rings (SSSR count). The number of ether oxygens (including phenoxy) is 1. The molecule has 0 bridgehead atoms. The summed E-state index contributed by atoms with van der Waals surface area (Å²) in [5.41, 5.74) is 2.14. The standard InChI is InChI=1S/C19H15N5O2/c1-12-3-5-15(11-21-12)26-16-7-13(2)23-17(8-16)19(25)24-18-6-4-14(9-20)10-22-18/h3-8,10-11H,1-2H3,(H,22,24,25). The summed E-state index contributed by atoms with van der Waals surface area (Å²) in [6.07, 6.45) is 3.00. The zero-order valence-electron chi connectivity index (χ0n) is 14.2. The van der Waals surface area contributed by atoms with Crippen LogP contribution in [0.4, 0.5) is 5.82 Å². The molecule has 0 aromatic carbocycles. The van der Waals surface area contributed by atoms with Crippen molar-refractivity contribution in [1.82, 2.24) is 15.0 Å². The molecule has 3 aromatic rings. The van der Waals surface area contributed by atoms with E-state index in [1.165, 1.54) is 6.20 Å². The molecule has 0 unspecified atom stereocenters. The molecule has 3 aromatic heterocycles. The first-order valence-corrected chi connectivity index (χ1v) is 7.80. The molecular formula is C19H15N5O2. The predicted molar refractivity (Wildman–Crippen MR) is 94.9 cm³/mol. The number of nitrogens with one attached hydrogen (secondary N) is 1. The van der Waals surface area contributed by atoms with Gasteiger partial charge in [-0.2, -0.15) is 5.26 Å². The first kappa shape index (κ1) is 17.0. The number of amides is 1. The highest BCUT2D eigenvalue weighted by Gasteiger charge is 2.12. The molecule has 1 N–H and O–H groups in total. The maximum absolute atomic E-state index is 12.4. The average molecular weight is 345 g/mol. The summed E-state index contributed by atoms with van der Waals surface area (Å²) < 4.78 is 5.75. The zero-order chi connectivity index (χ0) is 18.5. The third-order valence-electron chi connectivity index (χ3n) is 3.41. The Morgan fingerprint density at radius 2 is 1.88 bits per heavy atom. The third kappa shape index (κ3) is 4.19. The number of carbonyl (C=O) groups is 1. The van der Waals surface area contributed by atoms with Gasteiger partial charge >= 0.3 is 0 Å². The fourth-order valence-electron chi connectivity index (χ4n) is 2.18. The first-order chi connectivity index (χ1) is 12.5. The minimum Gasteiger partial charge on any atom is -0.456 e. The number of nitriles is 1. The Balaban J connectivity index is 1.78. The molecule has 1 amide bonds. The summed E-state index contributed by atoms with van der Waals surface area (Å²) in [7, 11) is 0. The van der Waals surface area contributed by atoms with E-state index in [2.05, 4.69) is 20.3 Å². The monoisotopic (exact) mass is 345 g/mol. The van der Waals surface area contributed by atoms with Gasteiger partial charge in [-0.15, -0.1) is 0 Å². The molecule has 0 atom stereocenters. The summed E-state index contributed by atoms with van der Waals surface area (Å²) in [4.78, 5) is 24.8. The summed E-state index contributed by atoms with van der Waals surface area (Å²) in [5, 5.41) is 11.4. The van der Waals surface area contributed by atoms with Crippen molar-refractivity contribution in [1.29, 1.82) is 5.26 Å². The molecule has 7 nitrogen and oxygen atoms in total. The van der Waals surface area contributed by atoms with Crippen LogP contribution in [0.1, 0.15) is 27.4 Å². The minimum atomic E-state index is -0.419. The highest BCUT2D eigenvalue weighted by Crippen LogP contribution is 2.22. The van der Waals surface area contributed by atoms with E-state index in [4.69, 9.17) is 10.00 Å². The number of aromatic nitrogens is 3. The van der Waals surface area contributed by atoms with Gasteiger partial charge < -0.3 is 10.1 Å². The Morgan fingerprint density at radius 3 is 2.54 bits per heavy atom. The molecule has 0 radical (unpaired) electrons. The van der Waals surface area contributed by atoms with Crippen molar-refractivity contribution in [3.63, 3.8) is 0 Å². The number of anilines is 1. The Morgan fingerprint density at radius 1 is 1.04 bits per heavy atom. The second kappa shape index (κ2) is 7.40. The van der Waals surface area contributed by atoms with E-state index in [1.807, 2.05) is 19.1 Å². The van der Waals surface area contributed by atoms with Crippen LogP contribution < -0.4 is 10.1 Å². The van der Waals surface area contributed by atoms with Crippen LogP contribution in [0.2, 0.25) is 0 Å². The molecule has 0 aliphatic rings. The van der Waals surface area contributed by atoms with E-state index in [1.54, 1.807) is 43.5 Å². The van der Waals surface area contributed by atoms with Crippen LogP contribution in [0.25, 0.3) is 0 Å². The molecule has 0 saturated carbocycles. The molecule has 0 saturated heterocycles. The van der Waals surface area contributed by atoms with Gasteiger partial charge in [-0.1, -0.05) is 0 Å². The van der Waals surface area contributed by atoms with Crippen LogP contribution >= 0.6 is 0 Å². The molecule has 128 valence electrons. The summed E-state index contributed by atoms with van der Waals surface area (Å²) in [6, 6.07) is 12.0. The maximum atomic E-state index is 12.4. The number of rotatable bonds is 4. The Kier molecular flexibility index (Phi) is 4.85. The number of hydrogen-bond donors (Lipinski definition) is 1. The molecule has 0 aliphatic heterocycles. The van der Waals surface area contributed by atoms with E-state index in [9.17, 15) is 4.79 Å². The second-order valence-corrected chi connectivity index (χ2v) is 5.56. The van der Waals surface area contributed by atoms with Crippen LogP contribution in [-0.2, 0) is 0 Å².